The number of rotatable bonds is 4. The van der Waals surface area contributed by atoms with Crippen LogP contribution in [0, 0.1) is 0 Å². The highest BCUT2D eigenvalue weighted by atomic mass is 16.5. The van der Waals surface area contributed by atoms with Gasteiger partial charge in [-0.1, -0.05) is 12.1 Å². The fourth-order valence-electron chi connectivity index (χ4n) is 2.39. The second kappa shape index (κ2) is 5.59. The van der Waals surface area contributed by atoms with Gasteiger partial charge >= 0.3 is 5.97 Å². The van der Waals surface area contributed by atoms with Gasteiger partial charge in [-0.15, -0.1) is 0 Å². The highest BCUT2D eigenvalue weighted by Gasteiger charge is 2.40. The summed E-state index contributed by atoms with van der Waals surface area (Å²) in [6, 6.07) is 6.68. The van der Waals surface area contributed by atoms with Crippen molar-refractivity contribution in [3.63, 3.8) is 0 Å². The monoisotopic (exact) mass is 265 g/mol. The van der Waals surface area contributed by atoms with E-state index in [4.69, 9.17) is 4.74 Å². The predicted octanol–water partition coefficient (Wildman–Crippen LogP) is 1.11. The molecule has 1 unspecified atom stereocenters. The van der Waals surface area contributed by atoms with Crippen LogP contribution in [0.1, 0.15) is 12.5 Å². The third-order valence-electron chi connectivity index (χ3n) is 3.65. The van der Waals surface area contributed by atoms with Crippen molar-refractivity contribution in [3.05, 3.63) is 29.8 Å². The van der Waals surface area contributed by atoms with Gasteiger partial charge in [-0.05, 0) is 24.6 Å². The summed E-state index contributed by atoms with van der Waals surface area (Å²) in [6.07, 6.45) is 0.405. The molecule has 0 aromatic heterocycles. The number of carboxylic acids is 1. The Labute approximate surface area is 112 Å². The fourth-order valence-corrected chi connectivity index (χ4v) is 2.39. The molecule has 1 aromatic rings. The lowest BCUT2D eigenvalue weighted by molar-refractivity contribution is -0.153. The molecule has 0 spiro atoms. The van der Waals surface area contributed by atoms with Crippen molar-refractivity contribution in [1.82, 2.24) is 4.90 Å². The number of hydrogen-bond donors (Lipinski definition) is 2. The summed E-state index contributed by atoms with van der Waals surface area (Å²) < 4.78 is 5.27. The van der Waals surface area contributed by atoms with Crippen molar-refractivity contribution in [2.75, 3.05) is 26.3 Å². The van der Waals surface area contributed by atoms with Crippen LogP contribution in [-0.2, 0) is 16.0 Å². The summed E-state index contributed by atoms with van der Waals surface area (Å²) in [7, 11) is 0. The predicted molar refractivity (Wildman–Crippen MR) is 70.2 cm³/mol. The molecular weight excluding hydrogens is 246 g/mol. The zero-order chi connectivity index (χ0) is 13.9. The Morgan fingerprint density at radius 3 is 2.42 bits per heavy atom. The summed E-state index contributed by atoms with van der Waals surface area (Å²) in [5.41, 5.74) is -0.0463. The van der Waals surface area contributed by atoms with Crippen LogP contribution in [0.15, 0.2) is 24.3 Å². The Bertz CT molecular complexity index is 439. The average Bonchev–Trinajstić information content (AvgIpc) is 2.42. The minimum absolute atomic E-state index is 0.187. The van der Waals surface area contributed by atoms with Crippen LogP contribution in [0.25, 0.3) is 0 Å². The van der Waals surface area contributed by atoms with Crippen LogP contribution in [0.3, 0.4) is 0 Å². The maximum absolute atomic E-state index is 11.7. The minimum atomic E-state index is -0.944. The fraction of sp³-hybridized carbons (Fsp3) is 0.500. The van der Waals surface area contributed by atoms with Crippen LogP contribution in [0.5, 0.6) is 5.75 Å². The lowest BCUT2D eigenvalue weighted by atomic mass is 9.90. The van der Waals surface area contributed by atoms with Gasteiger partial charge in [-0.3, -0.25) is 9.69 Å². The molecule has 1 saturated heterocycles. The van der Waals surface area contributed by atoms with Crippen LogP contribution in [0.4, 0.5) is 0 Å². The van der Waals surface area contributed by atoms with E-state index in [1.807, 2.05) is 4.90 Å². The molecule has 5 nitrogen and oxygen atoms in total. The lowest BCUT2D eigenvalue weighted by Crippen LogP contribution is -2.57. The van der Waals surface area contributed by atoms with E-state index in [-0.39, 0.29) is 5.75 Å². The van der Waals surface area contributed by atoms with Crippen LogP contribution in [-0.4, -0.2) is 52.9 Å². The minimum Gasteiger partial charge on any atom is -0.508 e. The Morgan fingerprint density at radius 1 is 1.32 bits per heavy atom. The van der Waals surface area contributed by atoms with E-state index in [0.717, 1.165) is 5.56 Å². The van der Waals surface area contributed by atoms with E-state index in [1.165, 1.54) is 0 Å². The molecule has 1 aliphatic heterocycles. The zero-order valence-corrected chi connectivity index (χ0v) is 11.0. The van der Waals surface area contributed by atoms with Crippen molar-refractivity contribution < 1.29 is 19.7 Å². The molecule has 2 rings (SSSR count). The molecule has 0 aliphatic carbocycles. The summed E-state index contributed by atoms with van der Waals surface area (Å²) in [4.78, 5) is 13.6. The molecule has 0 bridgehead atoms. The molecule has 1 aliphatic rings. The van der Waals surface area contributed by atoms with Crippen molar-refractivity contribution in [2.45, 2.75) is 18.9 Å². The molecule has 19 heavy (non-hydrogen) atoms. The van der Waals surface area contributed by atoms with Gasteiger partial charge in [-0.25, -0.2) is 0 Å². The molecular formula is C14H19NO4. The van der Waals surface area contributed by atoms with Gasteiger partial charge in [0.2, 0.25) is 0 Å². The number of aromatic hydroxyl groups is 1. The largest absolute Gasteiger partial charge is 0.508 e. The number of benzene rings is 1. The van der Waals surface area contributed by atoms with E-state index in [2.05, 4.69) is 0 Å². The zero-order valence-electron chi connectivity index (χ0n) is 11.0. The number of morpholine rings is 1. The lowest BCUT2D eigenvalue weighted by Gasteiger charge is -2.40. The molecule has 0 radical (unpaired) electrons. The number of aliphatic carboxylic acids is 1. The molecule has 1 atom stereocenters. The number of phenols is 1. The topological polar surface area (TPSA) is 70.0 Å². The highest BCUT2D eigenvalue weighted by molar-refractivity contribution is 5.78. The van der Waals surface area contributed by atoms with Crippen molar-refractivity contribution in [2.24, 2.45) is 0 Å². The molecule has 2 N–H and O–H groups in total. The first-order chi connectivity index (χ1) is 9.02. The van der Waals surface area contributed by atoms with E-state index >= 15 is 0 Å². The van der Waals surface area contributed by atoms with Gasteiger partial charge in [0.15, 0.2) is 0 Å². The molecule has 104 valence electrons. The van der Waals surface area contributed by atoms with E-state index in [1.54, 1.807) is 31.2 Å². The molecule has 0 saturated carbocycles. The molecule has 1 heterocycles. The van der Waals surface area contributed by atoms with Crippen LogP contribution < -0.4 is 0 Å². The first-order valence-corrected chi connectivity index (χ1v) is 6.36. The van der Waals surface area contributed by atoms with E-state index in [9.17, 15) is 15.0 Å². The van der Waals surface area contributed by atoms with Gasteiger partial charge in [0.25, 0.3) is 0 Å². The Kier molecular flexibility index (Phi) is 4.07. The van der Waals surface area contributed by atoms with Crippen molar-refractivity contribution >= 4 is 5.97 Å². The van der Waals surface area contributed by atoms with Gasteiger partial charge in [0, 0.05) is 19.5 Å². The van der Waals surface area contributed by atoms with Crippen LogP contribution >= 0.6 is 0 Å². The first kappa shape index (κ1) is 13.8. The molecule has 1 aromatic carbocycles. The quantitative estimate of drug-likeness (QED) is 0.853. The maximum atomic E-state index is 11.7. The maximum Gasteiger partial charge on any atom is 0.324 e. The standard InChI is InChI=1S/C14H19NO4/c1-14(13(17)18,15-6-8-19-9-7-15)10-11-2-4-12(16)5-3-11/h2-5,16H,6-10H2,1H3,(H,17,18). The third-order valence-corrected chi connectivity index (χ3v) is 3.65. The number of nitrogens with zero attached hydrogens (tertiary/aromatic N) is 1. The SMILES string of the molecule is CC(Cc1ccc(O)cc1)(C(=O)O)N1CCOCC1. The summed E-state index contributed by atoms with van der Waals surface area (Å²) in [5.74, 6) is -0.644. The summed E-state index contributed by atoms with van der Waals surface area (Å²) >= 11 is 0. The number of carbonyl (C=O) groups is 1. The first-order valence-electron chi connectivity index (χ1n) is 6.36. The number of ether oxygens (including phenoxy) is 1. The van der Waals surface area contributed by atoms with Gasteiger partial charge in [-0.2, -0.15) is 0 Å². The molecule has 0 amide bonds. The van der Waals surface area contributed by atoms with Crippen molar-refractivity contribution in [3.8, 4) is 5.75 Å². The van der Waals surface area contributed by atoms with E-state index < -0.39 is 11.5 Å². The smallest absolute Gasteiger partial charge is 0.324 e. The van der Waals surface area contributed by atoms with E-state index in [0.29, 0.717) is 32.7 Å². The number of phenolic OH excluding ortho intramolecular Hbond substituents is 1. The molecule has 1 fully saturated rings. The third kappa shape index (κ3) is 3.05. The van der Waals surface area contributed by atoms with Crippen molar-refractivity contribution in [1.29, 1.82) is 0 Å². The summed E-state index contributed by atoms with van der Waals surface area (Å²) in [6.45, 7) is 4.13. The van der Waals surface area contributed by atoms with Crippen LogP contribution in [0.2, 0.25) is 0 Å². The number of carboxylic acid groups (broad SMARTS) is 1. The molecule has 5 heteroatoms. The number of hydrogen-bond acceptors (Lipinski definition) is 4. The Morgan fingerprint density at radius 2 is 1.89 bits per heavy atom. The van der Waals surface area contributed by atoms with Gasteiger partial charge < -0.3 is 14.9 Å². The Hall–Kier alpha value is -1.59. The van der Waals surface area contributed by atoms with Gasteiger partial charge in [0.05, 0.1) is 13.2 Å². The van der Waals surface area contributed by atoms with Gasteiger partial charge in [0.1, 0.15) is 11.3 Å². The normalized spacial score (nSPS) is 19.8. The second-order valence-corrected chi connectivity index (χ2v) is 5.02. The highest BCUT2D eigenvalue weighted by Crippen LogP contribution is 2.23. The average molecular weight is 265 g/mol. The summed E-state index contributed by atoms with van der Waals surface area (Å²) in [5, 5.41) is 18.8. The second-order valence-electron chi connectivity index (χ2n) is 5.02. The Balaban J connectivity index is 2.18.